The lowest BCUT2D eigenvalue weighted by atomic mass is 9.84. The number of phenols is 1. The summed E-state index contributed by atoms with van der Waals surface area (Å²) in [4.78, 5) is 14.2. The second kappa shape index (κ2) is 7.70. The van der Waals surface area contributed by atoms with Crippen molar-refractivity contribution in [3.8, 4) is 28.1 Å². The van der Waals surface area contributed by atoms with E-state index in [-0.39, 0.29) is 22.4 Å². The minimum atomic E-state index is -0.0913. The van der Waals surface area contributed by atoms with Gasteiger partial charge in [0.1, 0.15) is 5.75 Å². The predicted molar refractivity (Wildman–Crippen MR) is 130 cm³/mol. The maximum atomic E-state index is 11.9. The van der Waals surface area contributed by atoms with E-state index < -0.39 is 0 Å². The topological polar surface area (TPSA) is 83.3 Å². The summed E-state index contributed by atoms with van der Waals surface area (Å²) in [6.45, 7) is 4.65. The molecular formula is C26H31N5O2. The SMILES string of the molecule is CN(c1ccc(-c2ccc(-c3ccn(C)c(=O)c3)cc2O)nn1)[C@H]1C[C@]2(C)CC[C@](C)(C1)N2. The molecule has 3 aromatic rings. The molecule has 2 fully saturated rings. The van der Waals surface area contributed by atoms with Gasteiger partial charge in [0.15, 0.2) is 5.82 Å². The average molecular weight is 446 g/mol. The highest BCUT2D eigenvalue weighted by molar-refractivity contribution is 5.74. The molecule has 7 heteroatoms. The summed E-state index contributed by atoms with van der Waals surface area (Å²) in [6.07, 6.45) is 6.33. The molecule has 0 unspecified atom stereocenters. The van der Waals surface area contributed by atoms with E-state index in [4.69, 9.17) is 0 Å². The summed E-state index contributed by atoms with van der Waals surface area (Å²) in [6, 6.07) is 13.1. The molecule has 5 rings (SSSR count). The Balaban J connectivity index is 1.36. The molecule has 4 heterocycles. The highest BCUT2D eigenvalue weighted by Crippen LogP contribution is 2.43. The van der Waals surface area contributed by atoms with Crippen molar-refractivity contribution in [1.29, 1.82) is 0 Å². The summed E-state index contributed by atoms with van der Waals surface area (Å²) in [5.41, 5.74) is 3.06. The fraction of sp³-hybridized carbons (Fsp3) is 0.423. The first-order valence-corrected chi connectivity index (χ1v) is 11.5. The minimum Gasteiger partial charge on any atom is -0.507 e. The molecule has 0 aliphatic carbocycles. The van der Waals surface area contributed by atoms with Crippen molar-refractivity contribution in [3.05, 3.63) is 59.0 Å². The van der Waals surface area contributed by atoms with Crippen LogP contribution in [0.15, 0.2) is 53.5 Å². The average Bonchev–Trinajstić information content (AvgIpc) is 3.01. The number of piperidine rings is 1. The third-order valence-electron chi connectivity index (χ3n) is 7.48. The number of nitrogens with one attached hydrogen (secondary N) is 1. The molecule has 0 radical (unpaired) electrons. The summed E-state index contributed by atoms with van der Waals surface area (Å²) in [5.74, 6) is 0.952. The first-order valence-electron chi connectivity index (χ1n) is 11.5. The molecule has 2 aromatic heterocycles. The van der Waals surface area contributed by atoms with Gasteiger partial charge in [-0.3, -0.25) is 4.79 Å². The van der Waals surface area contributed by atoms with Crippen LogP contribution in [-0.2, 0) is 7.05 Å². The number of nitrogens with zero attached hydrogens (tertiary/aromatic N) is 4. The lowest BCUT2D eigenvalue weighted by molar-refractivity contribution is 0.207. The Labute approximate surface area is 194 Å². The van der Waals surface area contributed by atoms with Gasteiger partial charge < -0.3 is 19.9 Å². The molecule has 0 amide bonds. The van der Waals surface area contributed by atoms with Gasteiger partial charge in [-0.25, -0.2) is 0 Å². The maximum absolute atomic E-state index is 11.9. The van der Waals surface area contributed by atoms with Crippen LogP contribution in [0.2, 0.25) is 0 Å². The van der Waals surface area contributed by atoms with E-state index in [0.717, 1.165) is 29.8 Å². The van der Waals surface area contributed by atoms with Gasteiger partial charge in [0.2, 0.25) is 0 Å². The second-order valence-electron chi connectivity index (χ2n) is 10.3. The van der Waals surface area contributed by atoms with Crippen LogP contribution in [0, 0.1) is 0 Å². The number of hydrogen-bond donors (Lipinski definition) is 2. The zero-order valence-corrected chi connectivity index (χ0v) is 19.7. The van der Waals surface area contributed by atoms with Crippen molar-refractivity contribution in [2.45, 2.75) is 56.7 Å². The molecule has 2 aliphatic heterocycles. The van der Waals surface area contributed by atoms with Crippen LogP contribution in [-0.4, -0.2) is 44.0 Å². The first kappa shape index (κ1) is 21.6. The zero-order valence-electron chi connectivity index (χ0n) is 19.7. The summed E-state index contributed by atoms with van der Waals surface area (Å²) >= 11 is 0. The Kier molecular flexibility index (Phi) is 5.05. The van der Waals surface area contributed by atoms with E-state index >= 15 is 0 Å². The Morgan fingerprint density at radius 2 is 1.73 bits per heavy atom. The van der Waals surface area contributed by atoms with E-state index in [1.165, 1.54) is 17.4 Å². The van der Waals surface area contributed by atoms with E-state index in [9.17, 15) is 9.90 Å². The molecule has 2 saturated heterocycles. The van der Waals surface area contributed by atoms with Gasteiger partial charge in [-0.15, -0.1) is 10.2 Å². The monoisotopic (exact) mass is 445 g/mol. The number of fused-ring (bicyclic) bond motifs is 2. The standard InChI is InChI=1S/C26H31N5O2/c1-25-10-11-26(2,29-25)16-19(15-25)31(4)23-8-7-21(27-28-23)20-6-5-17(13-22(20)32)18-9-12-30(3)24(33)14-18/h5-9,12-14,19,29,32H,10-11,15-16H2,1-4H3/t19-,25-,26+. The van der Waals surface area contributed by atoms with Crippen molar-refractivity contribution < 1.29 is 5.11 Å². The van der Waals surface area contributed by atoms with Gasteiger partial charge in [-0.1, -0.05) is 6.07 Å². The fourth-order valence-corrected chi connectivity index (χ4v) is 5.60. The largest absolute Gasteiger partial charge is 0.507 e. The van der Waals surface area contributed by atoms with Crippen molar-refractivity contribution in [2.24, 2.45) is 7.05 Å². The molecule has 2 aliphatic rings. The van der Waals surface area contributed by atoms with Gasteiger partial charge in [-0.05, 0) is 81.0 Å². The van der Waals surface area contributed by atoms with Crippen LogP contribution in [0.4, 0.5) is 5.82 Å². The first-order chi connectivity index (χ1) is 15.6. The number of hydrogen-bond acceptors (Lipinski definition) is 6. The smallest absolute Gasteiger partial charge is 0.250 e. The molecule has 7 nitrogen and oxygen atoms in total. The van der Waals surface area contributed by atoms with Gasteiger partial charge in [0.25, 0.3) is 5.56 Å². The fourth-order valence-electron chi connectivity index (χ4n) is 5.60. The number of aryl methyl sites for hydroxylation is 1. The van der Waals surface area contributed by atoms with E-state index in [0.29, 0.717) is 17.3 Å². The molecule has 33 heavy (non-hydrogen) atoms. The van der Waals surface area contributed by atoms with E-state index in [1.54, 1.807) is 25.4 Å². The number of phenolic OH excluding ortho intramolecular Hbond substituents is 1. The van der Waals surface area contributed by atoms with E-state index in [1.807, 2.05) is 30.3 Å². The Bertz CT molecular complexity index is 1240. The van der Waals surface area contributed by atoms with Crippen molar-refractivity contribution in [2.75, 3.05) is 11.9 Å². The Morgan fingerprint density at radius 1 is 1.03 bits per heavy atom. The number of aromatic nitrogens is 3. The lowest BCUT2D eigenvalue weighted by Gasteiger charge is -2.45. The number of aromatic hydroxyl groups is 1. The third kappa shape index (κ3) is 4.02. The van der Waals surface area contributed by atoms with Gasteiger partial charge in [0, 0.05) is 49.0 Å². The molecule has 0 saturated carbocycles. The molecule has 2 N–H and O–H groups in total. The van der Waals surface area contributed by atoms with Gasteiger partial charge in [-0.2, -0.15) is 0 Å². The predicted octanol–water partition coefficient (Wildman–Crippen LogP) is 3.71. The molecule has 2 bridgehead atoms. The third-order valence-corrected chi connectivity index (χ3v) is 7.48. The van der Waals surface area contributed by atoms with E-state index in [2.05, 4.69) is 41.3 Å². The molecular weight excluding hydrogens is 414 g/mol. The normalized spacial score (nSPS) is 26.4. The van der Waals surface area contributed by atoms with Crippen LogP contribution in [0.25, 0.3) is 22.4 Å². The van der Waals surface area contributed by atoms with Crippen LogP contribution < -0.4 is 15.8 Å². The minimum absolute atomic E-state index is 0.0913. The number of anilines is 1. The van der Waals surface area contributed by atoms with Crippen molar-refractivity contribution in [1.82, 2.24) is 20.1 Å². The van der Waals surface area contributed by atoms with Crippen LogP contribution in [0.3, 0.4) is 0 Å². The van der Waals surface area contributed by atoms with Crippen molar-refractivity contribution in [3.63, 3.8) is 0 Å². The Hall–Kier alpha value is -3.19. The lowest BCUT2D eigenvalue weighted by Crippen LogP contribution is -2.58. The van der Waals surface area contributed by atoms with Crippen LogP contribution >= 0.6 is 0 Å². The zero-order chi connectivity index (χ0) is 23.4. The van der Waals surface area contributed by atoms with Crippen LogP contribution in [0.1, 0.15) is 39.5 Å². The highest BCUT2D eigenvalue weighted by atomic mass is 16.3. The molecule has 1 aromatic carbocycles. The number of pyridine rings is 1. The number of benzene rings is 1. The summed E-state index contributed by atoms with van der Waals surface area (Å²) in [5, 5.41) is 23.4. The number of rotatable bonds is 4. The molecule has 3 atom stereocenters. The maximum Gasteiger partial charge on any atom is 0.250 e. The van der Waals surface area contributed by atoms with Crippen LogP contribution in [0.5, 0.6) is 5.75 Å². The molecule has 172 valence electrons. The second-order valence-corrected chi connectivity index (χ2v) is 10.3. The summed E-state index contributed by atoms with van der Waals surface area (Å²) in [7, 11) is 3.81. The quantitative estimate of drug-likeness (QED) is 0.637. The van der Waals surface area contributed by atoms with Crippen molar-refractivity contribution >= 4 is 5.82 Å². The van der Waals surface area contributed by atoms with Gasteiger partial charge in [0.05, 0.1) is 5.69 Å². The van der Waals surface area contributed by atoms with Gasteiger partial charge >= 0.3 is 0 Å². The summed E-state index contributed by atoms with van der Waals surface area (Å²) < 4.78 is 1.52. The highest BCUT2D eigenvalue weighted by Gasteiger charge is 2.49. The molecule has 0 spiro atoms. The Morgan fingerprint density at radius 3 is 2.33 bits per heavy atom.